The van der Waals surface area contributed by atoms with Crippen LogP contribution >= 0.6 is 11.8 Å². The van der Waals surface area contributed by atoms with E-state index in [1.165, 1.54) is 16.0 Å². The van der Waals surface area contributed by atoms with Crippen molar-refractivity contribution in [3.63, 3.8) is 0 Å². The Balaban J connectivity index is 1.61. The third-order valence-electron chi connectivity index (χ3n) is 4.76. The smallest absolute Gasteiger partial charge is 0.233 e. The van der Waals surface area contributed by atoms with E-state index in [-0.39, 0.29) is 17.1 Å². The molecule has 1 aromatic carbocycles. The first-order valence-corrected chi connectivity index (χ1v) is 8.80. The van der Waals surface area contributed by atoms with Crippen LogP contribution in [0.1, 0.15) is 24.0 Å². The summed E-state index contributed by atoms with van der Waals surface area (Å²) in [5.41, 5.74) is 7.33. The third kappa shape index (κ3) is 3.38. The molecule has 1 saturated heterocycles. The van der Waals surface area contributed by atoms with E-state index in [0.717, 1.165) is 6.42 Å². The molecule has 1 fully saturated rings. The van der Waals surface area contributed by atoms with Crippen LogP contribution in [0.4, 0.5) is 0 Å². The molecule has 3 N–H and O–H groups in total. The molecule has 2 amide bonds. The molecule has 23 heavy (non-hydrogen) atoms. The van der Waals surface area contributed by atoms with Crippen molar-refractivity contribution in [3.05, 3.63) is 29.3 Å². The molecule has 2 aliphatic rings. The summed E-state index contributed by atoms with van der Waals surface area (Å²) >= 11 is 1.60. The molecule has 5 nitrogen and oxygen atoms in total. The molecule has 124 valence electrons. The van der Waals surface area contributed by atoms with Crippen molar-refractivity contribution in [2.45, 2.75) is 36.3 Å². The summed E-state index contributed by atoms with van der Waals surface area (Å²) in [5, 5.41) is 2.82. The van der Waals surface area contributed by atoms with E-state index >= 15 is 0 Å². The van der Waals surface area contributed by atoms with Crippen molar-refractivity contribution in [3.8, 4) is 0 Å². The number of carbonyl (C=O) groups excluding carboxylic acids is 2. The average Bonchev–Trinajstić information content (AvgIpc) is 2.96. The van der Waals surface area contributed by atoms with Crippen molar-refractivity contribution in [1.29, 1.82) is 0 Å². The minimum Gasteiger partial charge on any atom is -0.381 e. The van der Waals surface area contributed by atoms with Crippen molar-refractivity contribution >= 4 is 23.6 Å². The van der Waals surface area contributed by atoms with Crippen LogP contribution < -0.4 is 11.1 Å². The quantitative estimate of drug-likeness (QED) is 0.872. The first kappa shape index (κ1) is 16.3. The number of nitrogens with two attached hydrogens (primary N) is 1. The minimum atomic E-state index is -0.666. The summed E-state index contributed by atoms with van der Waals surface area (Å²) in [6, 6.07) is 6.29. The van der Waals surface area contributed by atoms with Gasteiger partial charge in [0.15, 0.2) is 0 Å². The van der Waals surface area contributed by atoms with E-state index in [4.69, 9.17) is 10.5 Å². The highest BCUT2D eigenvalue weighted by Gasteiger charge is 2.39. The molecule has 0 saturated carbocycles. The molecular weight excluding hydrogens is 312 g/mol. The topological polar surface area (TPSA) is 81.4 Å². The zero-order chi connectivity index (χ0) is 16.4. The van der Waals surface area contributed by atoms with Crippen LogP contribution in [0, 0.1) is 12.3 Å². The van der Waals surface area contributed by atoms with Crippen LogP contribution in [0.3, 0.4) is 0 Å². The van der Waals surface area contributed by atoms with Crippen LogP contribution in [0.5, 0.6) is 0 Å². The van der Waals surface area contributed by atoms with Gasteiger partial charge in [0.1, 0.15) is 0 Å². The fourth-order valence-corrected chi connectivity index (χ4v) is 4.44. The Morgan fingerprint density at radius 3 is 2.83 bits per heavy atom. The highest BCUT2D eigenvalue weighted by molar-refractivity contribution is 8.01. The number of rotatable bonds is 4. The fraction of sp³-hybridized carbons (Fsp3) is 0.529. The third-order valence-corrected chi connectivity index (χ3v) is 6.06. The number of aryl methyl sites for hydroxylation is 1. The van der Waals surface area contributed by atoms with Gasteiger partial charge >= 0.3 is 0 Å². The summed E-state index contributed by atoms with van der Waals surface area (Å²) < 4.78 is 5.31. The highest BCUT2D eigenvalue weighted by atomic mass is 32.2. The number of fused-ring (bicyclic) bond motifs is 1. The van der Waals surface area contributed by atoms with Gasteiger partial charge in [0.05, 0.1) is 10.7 Å². The van der Waals surface area contributed by atoms with Crippen LogP contribution in [-0.2, 0) is 20.7 Å². The summed E-state index contributed by atoms with van der Waals surface area (Å²) in [6.07, 6.45) is 1.87. The van der Waals surface area contributed by atoms with E-state index in [9.17, 15) is 9.59 Å². The average molecular weight is 334 g/mol. The van der Waals surface area contributed by atoms with Gasteiger partial charge in [0.2, 0.25) is 11.8 Å². The number of amides is 2. The number of thioether (sulfide) groups is 1. The summed E-state index contributed by atoms with van der Waals surface area (Å²) in [4.78, 5) is 25.5. The number of hydrogen-bond donors (Lipinski definition) is 2. The molecule has 2 aliphatic heterocycles. The Labute approximate surface area is 140 Å². The van der Waals surface area contributed by atoms with Gasteiger partial charge in [-0.05, 0) is 37.8 Å². The Morgan fingerprint density at radius 2 is 2.13 bits per heavy atom. The summed E-state index contributed by atoms with van der Waals surface area (Å²) in [6.45, 7) is 3.39. The lowest BCUT2D eigenvalue weighted by Gasteiger charge is -2.34. The summed E-state index contributed by atoms with van der Waals surface area (Å²) in [5.74, 6) is -0.366. The largest absolute Gasteiger partial charge is 0.381 e. The highest BCUT2D eigenvalue weighted by Crippen LogP contribution is 2.38. The molecule has 0 bridgehead atoms. The Bertz CT molecular complexity index is 626. The zero-order valence-corrected chi connectivity index (χ0v) is 14.1. The standard InChI is InChI=1S/C17H22N2O3S/c1-11-2-3-12-9-14(23-13(12)8-11)15(20)19-10-17(16(18)21)4-6-22-7-5-17/h2-3,8,14H,4-7,9-10H2,1H3,(H2,18,21)(H,19,20). The molecular formula is C17H22N2O3S. The monoisotopic (exact) mass is 334 g/mol. The molecule has 0 aliphatic carbocycles. The predicted molar refractivity (Wildman–Crippen MR) is 89.2 cm³/mol. The van der Waals surface area contributed by atoms with E-state index in [1.54, 1.807) is 11.8 Å². The van der Waals surface area contributed by atoms with E-state index in [0.29, 0.717) is 32.6 Å². The second-order valence-electron chi connectivity index (χ2n) is 6.40. The Morgan fingerprint density at radius 1 is 1.39 bits per heavy atom. The van der Waals surface area contributed by atoms with Gasteiger partial charge in [-0.2, -0.15) is 0 Å². The normalized spacial score (nSPS) is 22.4. The Hall–Kier alpha value is -1.53. The molecule has 0 spiro atoms. The number of benzene rings is 1. The van der Waals surface area contributed by atoms with Crippen LogP contribution in [0.15, 0.2) is 23.1 Å². The van der Waals surface area contributed by atoms with Crippen molar-refractivity contribution in [2.75, 3.05) is 19.8 Å². The number of nitrogens with one attached hydrogen (secondary N) is 1. The number of primary amides is 1. The van der Waals surface area contributed by atoms with Crippen LogP contribution in [-0.4, -0.2) is 36.8 Å². The molecule has 0 aromatic heterocycles. The number of hydrogen-bond acceptors (Lipinski definition) is 4. The van der Waals surface area contributed by atoms with Gasteiger partial charge in [-0.1, -0.05) is 17.7 Å². The van der Waals surface area contributed by atoms with Crippen LogP contribution in [0.25, 0.3) is 0 Å². The lowest BCUT2D eigenvalue weighted by atomic mass is 9.79. The molecule has 1 aromatic rings. The molecule has 3 rings (SSSR count). The van der Waals surface area contributed by atoms with Gasteiger partial charge in [-0.3, -0.25) is 9.59 Å². The molecule has 2 heterocycles. The van der Waals surface area contributed by atoms with Gasteiger partial charge in [-0.15, -0.1) is 11.8 Å². The maximum absolute atomic E-state index is 12.5. The molecule has 1 atom stereocenters. The van der Waals surface area contributed by atoms with Gasteiger partial charge in [0.25, 0.3) is 0 Å². The predicted octanol–water partition coefficient (Wildman–Crippen LogP) is 1.41. The first-order chi connectivity index (χ1) is 11.0. The number of carbonyl (C=O) groups is 2. The summed E-state index contributed by atoms with van der Waals surface area (Å²) in [7, 11) is 0. The fourth-order valence-electron chi connectivity index (χ4n) is 3.12. The first-order valence-electron chi connectivity index (χ1n) is 7.92. The second kappa shape index (κ2) is 6.53. The lowest BCUT2D eigenvalue weighted by molar-refractivity contribution is -0.133. The van der Waals surface area contributed by atoms with E-state index < -0.39 is 5.41 Å². The Kier molecular flexibility index (Phi) is 4.64. The zero-order valence-electron chi connectivity index (χ0n) is 13.3. The van der Waals surface area contributed by atoms with Crippen molar-refractivity contribution < 1.29 is 14.3 Å². The molecule has 6 heteroatoms. The van der Waals surface area contributed by atoms with Gasteiger partial charge < -0.3 is 15.8 Å². The number of ether oxygens (including phenoxy) is 1. The second-order valence-corrected chi connectivity index (χ2v) is 7.64. The van der Waals surface area contributed by atoms with Gasteiger partial charge in [0, 0.05) is 24.7 Å². The van der Waals surface area contributed by atoms with Gasteiger partial charge in [-0.25, -0.2) is 0 Å². The lowest BCUT2D eigenvalue weighted by Crippen LogP contribution is -2.50. The van der Waals surface area contributed by atoms with E-state index in [1.807, 2.05) is 0 Å². The maximum atomic E-state index is 12.5. The van der Waals surface area contributed by atoms with Crippen molar-refractivity contribution in [2.24, 2.45) is 11.1 Å². The van der Waals surface area contributed by atoms with E-state index in [2.05, 4.69) is 30.4 Å². The maximum Gasteiger partial charge on any atom is 0.233 e. The SMILES string of the molecule is Cc1ccc2c(c1)SC(C(=O)NCC1(C(N)=O)CCOCC1)C2. The molecule has 1 unspecified atom stereocenters. The van der Waals surface area contributed by atoms with Crippen LogP contribution in [0.2, 0.25) is 0 Å². The molecule has 0 radical (unpaired) electrons. The van der Waals surface area contributed by atoms with Crippen molar-refractivity contribution in [1.82, 2.24) is 5.32 Å². The minimum absolute atomic E-state index is 0.0176.